The van der Waals surface area contributed by atoms with Gasteiger partial charge in [0.1, 0.15) is 18.1 Å². The number of hydrogen-bond donors (Lipinski definition) is 3. The van der Waals surface area contributed by atoms with E-state index in [4.69, 9.17) is 4.74 Å². The summed E-state index contributed by atoms with van der Waals surface area (Å²) in [5, 5.41) is 26.2. The zero-order chi connectivity index (χ0) is 19.9. The molecule has 4 aliphatic heterocycles. The second kappa shape index (κ2) is 5.38. The van der Waals surface area contributed by atoms with Crippen LogP contribution in [0, 0.1) is 11.3 Å². The van der Waals surface area contributed by atoms with E-state index in [0.717, 1.165) is 29.9 Å². The van der Waals surface area contributed by atoms with Crippen molar-refractivity contribution in [2.45, 2.75) is 36.9 Å². The topological polar surface area (TPSA) is 78.8 Å². The highest BCUT2D eigenvalue weighted by atomic mass is 16.5. The number of benzene rings is 1. The fourth-order valence-corrected chi connectivity index (χ4v) is 7.70. The number of carbonyl (C=O) groups is 1. The van der Waals surface area contributed by atoms with Crippen molar-refractivity contribution >= 4 is 11.7 Å². The van der Waals surface area contributed by atoms with Crippen molar-refractivity contribution in [3.05, 3.63) is 41.5 Å². The molecule has 0 amide bonds. The van der Waals surface area contributed by atoms with Gasteiger partial charge >= 0.3 is 5.97 Å². The Morgan fingerprint density at radius 2 is 2.18 bits per heavy atom. The molecule has 0 aromatic heterocycles. The lowest BCUT2D eigenvalue weighted by atomic mass is 9.45. The standard InChI is InChI=1S/C22H29N2O4/c1-4-14-12-24(2)10-9-21-15-7-5-6-8-17(15)23-22(21,24)18(26)11-16(14)20(21,13-25)19(27)28-3/h4-8,16,18,23,25-26H,9-13H2,1-3H3/q+1/b14-4-/t16-,18-,20+,21-,22-,24+/m0/s1. The van der Waals surface area contributed by atoms with Crippen LogP contribution >= 0.6 is 0 Å². The Hall–Kier alpha value is -1.89. The highest BCUT2D eigenvalue weighted by Crippen LogP contribution is 2.74. The molecule has 4 bridgehead atoms. The largest absolute Gasteiger partial charge is 0.468 e. The monoisotopic (exact) mass is 385 g/mol. The molecule has 1 aliphatic carbocycles. The molecule has 6 rings (SSSR count). The molecule has 0 radical (unpaired) electrons. The van der Waals surface area contributed by atoms with Gasteiger partial charge in [-0.25, -0.2) is 0 Å². The van der Waals surface area contributed by atoms with Crippen molar-refractivity contribution in [2.24, 2.45) is 11.3 Å². The summed E-state index contributed by atoms with van der Waals surface area (Å²) in [6.07, 6.45) is 2.59. The lowest BCUT2D eigenvalue weighted by molar-refractivity contribution is -0.944. The Morgan fingerprint density at radius 3 is 2.86 bits per heavy atom. The van der Waals surface area contributed by atoms with Crippen LogP contribution < -0.4 is 5.32 Å². The number of ether oxygens (including phenoxy) is 1. The second-order valence-corrected chi connectivity index (χ2v) is 9.16. The van der Waals surface area contributed by atoms with E-state index >= 15 is 0 Å². The summed E-state index contributed by atoms with van der Waals surface area (Å²) in [5.41, 5.74) is 0.476. The summed E-state index contributed by atoms with van der Waals surface area (Å²) < 4.78 is 5.98. The maximum absolute atomic E-state index is 13.5. The number of para-hydroxylation sites is 1. The summed E-state index contributed by atoms with van der Waals surface area (Å²) in [6.45, 7) is 3.26. The molecule has 5 aliphatic rings. The van der Waals surface area contributed by atoms with E-state index in [0.29, 0.717) is 17.3 Å². The summed E-state index contributed by atoms with van der Waals surface area (Å²) in [6, 6.07) is 8.04. The minimum absolute atomic E-state index is 0.258. The van der Waals surface area contributed by atoms with Crippen molar-refractivity contribution in [1.29, 1.82) is 0 Å². The van der Waals surface area contributed by atoms with Crippen molar-refractivity contribution in [1.82, 2.24) is 0 Å². The number of carbonyl (C=O) groups excluding carboxylic acids is 1. The van der Waals surface area contributed by atoms with Gasteiger partial charge in [-0.3, -0.25) is 9.28 Å². The Morgan fingerprint density at radius 1 is 1.43 bits per heavy atom. The Labute approximate surface area is 165 Å². The van der Waals surface area contributed by atoms with Crippen molar-refractivity contribution in [3.63, 3.8) is 0 Å². The lowest BCUT2D eigenvalue weighted by Gasteiger charge is -2.58. The third kappa shape index (κ3) is 1.52. The second-order valence-electron chi connectivity index (χ2n) is 9.16. The minimum Gasteiger partial charge on any atom is -0.468 e. The average Bonchev–Trinajstić information content (AvgIpc) is 3.12. The number of fused-ring (bicyclic) bond motifs is 3. The fraction of sp³-hybridized carbons (Fsp3) is 0.591. The molecular formula is C22H29N2O4+. The molecule has 4 heterocycles. The Kier molecular flexibility index (Phi) is 3.49. The summed E-state index contributed by atoms with van der Waals surface area (Å²) in [7, 11) is 3.59. The van der Waals surface area contributed by atoms with E-state index in [9.17, 15) is 15.0 Å². The zero-order valence-electron chi connectivity index (χ0n) is 16.7. The molecule has 6 nitrogen and oxygen atoms in total. The van der Waals surface area contributed by atoms with Gasteiger partial charge in [-0.15, -0.1) is 0 Å². The lowest BCUT2D eigenvalue weighted by Crippen LogP contribution is -2.78. The predicted molar refractivity (Wildman–Crippen MR) is 104 cm³/mol. The molecule has 1 aromatic rings. The molecule has 0 unspecified atom stereocenters. The highest BCUT2D eigenvalue weighted by Gasteiger charge is 2.88. The predicted octanol–water partition coefficient (Wildman–Crippen LogP) is 1.39. The van der Waals surface area contributed by atoms with Crippen molar-refractivity contribution in [2.75, 3.05) is 39.2 Å². The quantitative estimate of drug-likeness (QED) is 0.407. The first kappa shape index (κ1) is 18.2. The van der Waals surface area contributed by atoms with Crippen molar-refractivity contribution < 1.29 is 24.2 Å². The van der Waals surface area contributed by atoms with Crippen LogP contribution in [0.1, 0.15) is 25.3 Å². The molecule has 1 saturated carbocycles. The van der Waals surface area contributed by atoms with E-state index in [2.05, 4.69) is 24.5 Å². The molecule has 1 aromatic carbocycles. The van der Waals surface area contributed by atoms with Gasteiger partial charge in [0.05, 0.1) is 32.7 Å². The number of anilines is 1. The number of aliphatic hydroxyl groups excluding tert-OH is 2. The molecular weight excluding hydrogens is 356 g/mol. The first-order chi connectivity index (χ1) is 13.4. The number of esters is 1. The first-order valence-electron chi connectivity index (χ1n) is 10.1. The molecule has 28 heavy (non-hydrogen) atoms. The van der Waals surface area contributed by atoms with Gasteiger partial charge in [0.25, 0.3) is 0 Å². The van der Waals surface area contributed by atoms with Crippen molar-refractivity contribution in [3.8, 4) is 0 Å². The third-order valence-corrected chi connectivity index (χ3v) is 8.64. The summed E-state index contributed by atoms with van der Waals surface area (Å²) >= 11 is 0. The number of aliphatic hydroxyl groups is 2. The number of rotatable bonds is 2. The number of quaternary nitrogens is 1. The van der Waals surface area contributed by atoms with Crippen LogP contribution in [0.3, 0.4) is 0 Å². The molecule has 3 saturated heterocycles. The molecule has 4 fully saturated rings. The SMILES string of the molecule is C/C=C1/C[N@@+]2(C)CC[C@@]34c5ccccc5N[C@]32[C@@H](O)C[C@@H]1[C@]4(CO)C(=O)OC. The molecule has 6 heteroatoms. The highest BCUT2D eigenvalue weighted by molar-refractivity contribution is 5.85. The van der Waals surface area contributed by atoms with Gasteiger partial charge in [-0.2, -0.15) is 0 Å². The van der Waals surface area contributed by atoms with E-state index < -0.39 is 22.6 Å². The van der Waals surface area contributed by atoms with Crippen LogP contribution in [0.15, 0.2) is 35.9 Å². The maximum atomic E-state index is 13.5. The van der Waals surface area contributed by atoms with Gasteiger partial charge < -0.3 is 20.3 Å². The molecule has 150 valence electrons. The molecule has 3 N–H and O–H groups in total. The van der Waals surface area contributed by atoms with Crippen LogP contribution in [0.2, 0.25) is 0 Å². The average molecular weight is 385 g/mol. The van der Waals surface area contributed by atoms with Crippen LogP contribution in [0.25, 0.3) is 0 Å². The summed E-state index contributed by atoms with van der Waals surface area (Å²) in [4.78, 5) is 13.5. The number of likely N-dealkylation sites (N-methyl/N-ethyl adjacent to an activating group) is 1. The van der Waals surface area contributed by atoms with E-state index in [1.807, 2.05) is 25.1 Å². The normalized spacial score (nSPS) is 46.7. The van der Waals surface area contributed by atoms with E-state index in [-0.39, 0.29) is 18.5 Å². The Bertz CT molecular complexity index is 900. The Balaban J connectivity index is 1.96. The van der Waals surface area contributed by atoms with Crippen LogP contribution in [-0.2, 0) is 14.9 Å². The minimum atomic E-state index is -1.13. The van der Waals surface area contributed by atoms with Crippen LogP contribution in [0.4, 0.5) is 5.69 Å². The fourth-order valence-electron chi connectivity index (χ4n) is 7.70. The number of methoxy groups -OCH3 is 1. The van der Waals surface area contributed by atoms with Crippen LogP contribution in [-0.4, -0.2) is 66.3 Å². The molecule has 6 atom stereocenters. The third-order valence-electron chi connectivity index (χ3n) is 8.64. The zero-order valence-corrected chi connectivity index (χ0v) is 16.7. The first-order valence-corrected chi connectivity index (χ1v) is 10.1. The van der Waals surface area contributed by atoms with Gasteiger partial charge in [0, 0.05) is 18.0 Å². The van der Waals surface area contributed by atoms with Crippen LogP contribution in [0.5, 0.6) is 0 Å². The number of hydrogen-bond acceptors (Lipinski definition) is 5. The van der Waals surface area contributed by atoms with E-state index in [1.54, 1.807) is 0 Å². The molecule has 1 spiro atoms. The number of nitrogens with one attached hydrogen (secondary N) is 1. The summed E-state index contributed by atoms with van der Waals surface area (Å²) in [5.74, 6) is -0.629. The number of allylic oxidation sites excluding steroid dienone is 1. The number of nitrogens with zero attached hydrogens (tertiary/aromatic N) is 1. The van der Waals surface area contributed by atoms with Gasteiger partial charge in [0.2, 0.25) is 5.66 Å². The van der Waals surface area contributed by atoms with Gasteiger partial charge in [-0.1, -0.05) is 24.3 Å². The van der Waals surface area contributed by atoms with E-state index in [1.165, 1.54) is 7.11 Å². The smallest absolute Gasteiger partial charge is 0.316 e. The van der Waals surface area contributed by atoms with Gasteiger partial charge in [-0.05, 0) is 30.5 Å². The van der Waals surface area contributed by atoms with Gasteiger partial charge in [0.15, 0.2) is 0 Å². The maximum Gasteiger partial charge on any atom is 0.316 e.